The third-order valence-corrected chi connectivity index (χ3v) is 7.37. The van der Waals surface area contributed by atoms with E-state index in [2.05, 4.69) is 5.32 Å². The van der Waals surface area contributed by atoms with Gasteiger partial charge >= 0.3 is 6.16 Å². The van der Waals surface area contributed by atoms with Gasteiger partial charge in [0, 0.05) is 23.9 Å². The lowest BCUT2D eigenvalue weighted by Crippen LogP contribution is -2.15. The number of nitrogens with one attached hydrogen (secondary N) is 1. The topological polar surface area (TPSA) is 135 Å². The van der Waals surface area contributed by atoms with Gasteiger partial charge in [-0.2, -0.15) is 0 Å². The first-order chi connectivity index (χ1) is 22.6. The maximum absolute atomic E-state index is 14.4. The normalized spacial score (nSPS) is 12.7. The first-order valence-corrected chi connectivity index (χ1v) is 14.2. The largest absolute Gasteiger partial charge is 0.519 e. The van der Waals surface area contributed by atoms with Crippen molar-refractivity contribution >= 4 is 40.7 Å². The number of methoxy groups -OCH3 is 3. The Labute approximate surface area is 268 Å². The van der Waals surface area contributed by atoms with Crippen molar-refractivity contribution in [2.45, 2.75) is 13.3 Å². The molecule has 4 aromatic rings. The molecule has 12 heteroatoms. The van der Waals surface area contributed by atoms with Crippen LogP contribution in [0.2, 0.25) is 0 Å². The molecule has 5 rings (SSSR count). The molecule has 47 heavy (non-hydrogen) atoms. The number of hydrogen-bond acceptors (Lipinski definition) is 9. The summed E-state index contributed by atoms with van der Waals surface area (Å²) in [5, 5.41) is 13.8. The van der Waals surface area contributed by atoms with Crippen molar-refractivity contribution in [3.63, 3.8) is 0 Å². The molecule has 0 heterocycles. The van der Waals surface area contributed by atoms with E-state index < -0.39 is 16.9 Å². The van der Waals surface area contributed by atoms with Crippen LogP contribution in [-0.2, 0) is 4.79 Å². The average molecular weight is 641 g/mol. The first kappa shape index (κ1) is 32.2. The Kier molecular flexibility index (Phi) is 9.50. The monoisotopic (exact) mass is 640 g/mol. The molecule has 0 aromatic heterocycles. The van der Waals surface area contributed by atoms with E-state index >= 15 is 0 Å². The maximum Gasteiger partial charge on any atom is 0.519 e. The van der Waals surface area contributed by atoms with Crippen molar-refractivity contribution in [2.75, 3.05) is 26.6 Å². The van der Waals surface area contributed by atoms with Crippen LogP contribution in [0, 0.1) is 15.9 Å². The third kappa shape index (κ3) is 7.22. The summed E-state index contributed by atoms with van der Waals surface area (Å²) < 4.78 is 41.3. The van der Waals surface area contributed by atoms with Gasteiger partial charge in [0.1, 0.15) is 17.3 Å². The molecule has 0 aliphatic heterocycles. The number of carbonyl (C=O) groups excluding carboxylic acids is 2. The van der Waals surface area contributed by atoms with Crippen molar-refractivity contribution in [1.82, 2.24) is 0 Å². The Morgan fingerprint density at radius 1 is 0.851 bits per heavy atom. The summed E-state index contributed by atoms with van der Waals surface area (Å²) in [6.07, 6.45) is 0.708. The van der Waals surface area contributed by atoms with Gasteiger partial charge in [0.2, 0.25) is 11.7 Å². The Morgan fingerprint density at radius 2 is 1.55 bits per heavy atom. The highest BCUT2D eigenvalue weighted by atomic mass is 19.1. The predicted octanol–water partition coefficient (Wildman–Crippen LogP) is 7.69. The summed E-state index contributed by atoms with van der Waals surface area (Å²) in [7, 11) is 4.31. The molecule has 0 bridgehead atoms. The van der Waals surface area contributed by atoms with E-state index in [1.54, 1.807) is 42.5 Å². The smallest absolute Gasteiger partial charge is 0.497 e. The zero-order valence-electron chi connectivity index (χ0n) is 25.8. The minimum atomic E-state index is -1.12. The van der Waals surface area contributed by atoms with E-state index in [-0.39, 0.29) is 41.0 Å². The number of benzene rings is 4. The van der Waals surface area contributed by atoms with Crippen molar-refractivity contribution in [1.29, 1.82) is 0 Å². The lowest BCUT2D eigenvalue weighted by molar-refractivity contribution is -0.384. The van der Waals surface area contributed by atoms with E-state index in [1.807, 2.05) is 13.0 Å². The molecule has 0 fully saturated rings. The van der Waals surface area contributed by atoms with Crippen LogP contribution < -0.4 is 29.0 Å². The second-order valence-electron chi connectivity index (χ2n) is 10.3. The quantitative estimate of drug-likeness (QED) is 0.0801. The molecule has 11 nitrogen and oxygen atoms in total. The Morgan fingerprint density at radius 3 is 2.19 bits per heavy atom. The number of nitro benzene ring substituents is 1. The van der Waals surface area contributed by atoms with Gasteiger partial charge in [-0.15, -0.1) is 0 Å². The summed E-state index contributed by atoms with van der Waals surface area (Å²) in [4.78, 5) is 36.0. The van der Waals surface area contributed by atoms with Crippen molar-refractivity contribution < 1.29 is 42.6 Å². The molecule has 1 aliphatic rings. The van der Waals surface area contributed by atoms with Crippen LogP contribution in [0.15, 0.2) is 84.4 Å². The van der Waals surface area contributed by atoms with Gasteiger partial charge in [-0.3, -0.25) is 14.9 Å². The fourth-order valence-corrected chi connectivity index (χ4v) is 5.14. The van der Waals surface area contributed by atoms with Crippen molar-refractivity contribution in [2.24, 2.45) is 0 Å². The van der Waals surface area contributed by atoms with E-state index in [4.69, 9.17) is 23.7 Å². The first-order valence-electron chi connectivity index (χ1n) is 14.2. The molecule has 1 amide bonds. The molecule has 0 radical (unpaired) electrons. The molecule has 0 atom stereocenters. The number of allylic oxidation sites excluding steroid dienone is 2. The minimum Gasteiger partial charge on any atom is -0.497 e. The summed E-state index contributed by atoms with van der Waals surface area (Å²) in [5.41, 5.74) is 4.53. The number of ether oxygens (including phenoxy) is 5. The van der Waals surface area contributed by atoms with Gasteiger partial charge in [0.05, 0.1) is 32.7 Å². The molecular formula is C35H29FN2O9. The SMILES string of the molecule is COc1cccc(NC(=O)CC2=C(C)/C(=C/c3cc(OC)c(OC(=O)Oc4ccc([N+](=O)[O-])cc4)c(OC)c3)c3ccc(F)cc32)c1. The Hall–Kier alpha value is -6.17. The number of fused-ring (bicyclic) bond motifs is 1. The minimum absolute atomic E-state index is 0.00682. The van der Waals surface area contributed by atoms with E-state index in [1.165, 1.54) is 57.7 Å². The lowest BCUT2D eigenvalue weighted by Gasteiger charge is -2.14. The molecule has 0 spiro atoms. The number of nitro groups is 1. The molecule has 1 N–H and O–H groups in total. The molecular weight excluding hydrogens is 611 g/mol. The van der Waals surface area contributed by atoms with Gasteiger partial charge in [-0.05, 0) is 94.9 Å². The number of carbonyl (C=O) groups is 2. The summed E-state index contributed by atoms with van der Waals surface area (Å²) in [6, 6.07) is 19.6. The number of nitrogens with zero attached hydrogens (tertiary/aromatic N) is 1. The highest BCUT2D eigenvalue weighted by molar-refractivity contribution is 6.10. The lowest BCUT2D eigenvalue weighted by atomic mass is 10.00. The van der Waals surface area contributed by atoms with Gasteiger partial charge < -0.3 is 29.0 Å². The van der Waals surface area contributed by atoms with Crippen molar-refractivity contribution in [3.8, 4) is 28.7 Å². The summed E-state index contributed by atoms with van der Waals surface area (Å²) >= 11 is 0. The van der Waals surface area contributed by atoms with Crippen LogP contribution in [0.5, 0.6) is 28.7 Å². The van der Waals surface area contributed by atoms with Gasteiger partial charge in [0.25, 0.3) is 5.69 Å². The number of halogens is 1. The molecule has 0 saturated carbocycles. The van der Waals surface area contributed by atoms with Crippen LogP contribution in [0.3, 0.4) is 0 Å². The van der Waals surface area contributed by atoms with Crippen LogP contribution in [0.4, 0.5) is 20.6 Å². The standard InChI is InChI=1S/C35H29FN2O9/c1-20-28(27-13-8-22(36)17-30(27)29(20)19-33(39)37-23-6-5-7-26(18-23)43-2)14-21-15-31(44-3)34(32(16-21)45-4)47-35(40)46-25-11-9-24(10-12-25)38(41)42/h5-18H,19H2,1-4H3,(H,37,39)/b28-14-. The second-order valence-corrected chi connectivity index (χ2v) is 10.3. The number of hydrogen-bond donors (Lipinski definition) is 1. The molecule has 240 valence electrons. The van der Waals surface area contributed by atoms with Crippen LogP contribution in [0.1, 0.15) is 30.0 Å². The number of non-ortho nitro benzene ring substituents is 1. The summed E-state index contributed by atoms with van der Waals surface area (Å²) in [5.74, 6) is 0.151. The fourth-order valence-electron chi connectivity index (χ4n) is 5.14. The highest BCUT2D eigenvalue weighted by Gasteiger charge is 2.27. The van der Waals surface area contributed by atoms with E-state index in [9.17, 15) is 24.1 Å². The molecule has 0 saturated heterocycles. The van der Waals surface area contributed by atoms with Gasteiger partial charge in [-0.25, -0.2) is 9.18 Å². The van der Waals surface area contributed by atoms with Gasteiger partial charge in [-0.1, -0.05) is 12.1 Å². The third-order valence-electron chi connectivity index (χ3n) is 7.37. The summed E-state index contributed by atoms with van der Waals surface area (Å²) in [6.45, 7) is 1.86. The van der Waals surface area contributed by atoms with E-state index in [0.717, 1.165) is 16.7 Å². The fraction of sp³-hybridized carbons (Fsp3) is 0.143. The Bertz CT molecular complexity index is 1910. The molecule has 4 aromatic carbocycles. The second kappa shape index (κ2) is 13.9. The van der Waals surface area contributed by atoms with Crippen LogP contribution in [-0.4, -0.2) is 38.3 Å². The van der Waals surface area contributed by atoms with Gasteiger partial charge in [0.15, 0.2) is 11.5 Å². The van der Waals surface area contributed by atoms with Crippen molar-refractivity contribution in [3.05, 3.63) is 117 Å². The number of rotatable bonds is 10. The molecule has 0 unspecified atom stereocenters. The highest BCUT2D eigenvalue weighted by Crippen LogP contribution is 2.46. The van der Waals surface area contributed by atoms with E-state index in [0.29, 0.717) is 28.1 Å². The zero-order chi connectivity index (χ0) is 33.7. The van der Waals surface area contributed by atoms with Crippen LogP contribution in [0.25, 0.3) is 17.2 Å². The average Bonchev–Trinajstić information content (AvgIpc) is 3.30. The number of amides is 1. The molecule has 1 aliphatic carbocycles. The predicted molar refractivity (Wildman–Crippen MR) is 172 cm³/mol. The number of anilines is 1. The Balaban J connectivity index is 1.43. The van der Waals surface area contributed by atoms with Crippen LogP contribution >= 0.6 is 0 Å². The maximum atomic E-state index is 14.4. The zero-order valence-corrected chi connectivity index (χ0v) is 25.8.